The van der Waals surface area contributed by atoms with Crippen molar-refractivity contribution in [2.75, 3.05) is 18.7 Å². The van der Waals surface area contributed by atoms with Crippen molar-refractivity contribution < 1.29 is 9.53 Å². The first kappa shape index (κ1) is 13.1. The van der Waals surface area contributed by atoms with E-state index in [2.05, 4.69) is 5.10 Å². The summed E-state index contributed by atoms with van der Waals surface area (Å²) in [5.74, 6) is -0.437. The summed E-state index contributed by atoms with van der Waals surface area (Å²) in [6.07, 6.45) is -0.642. The fourth-order valence-electron chi connectivity index (χ4n) is 1.80. The minimum Gasteiger partial charge on any atom is -0.339 e. The van der Waals surface area contributed by atoms with Gasteiger partial charge < -0.3 is 4.74 Å². The predicted molar refractivity (Wildman–Crippen MR) is 70.2 cm³/mol. The van der Waals surface area contributed by atoms with E-state index >= 15 is 0 Å². The highest BCUT2D eigenvalue weighted by atomic mass is 16.5. The lowest BCUT2D eigenvalue weighted by atomic mass is 10.3. The fourth-order valence-corrected chi connectivity index (χ4v) is 1.80. The third-order valence-corrected chi connectivity index (χ3v) is 2.71. The van der Waals surface area contributed by atoms with Gasteiger partial charge in [-0.1, -0.05) is 18.2 Å². The van der Waals surface area contributed by atoms with Gasteiger partial charge in [0.25, 0.3) is 5.91 Å². The Balaban J connectivity index is 2.45. The maximum absolute atomic E-state index is 11.9. The molecule has 6 heteroatoms. The molecule has 2 rings (SSSR count). The van der Waals surface area contributed by atoms with Gasteiger partial charge in [0.05, 0.1) is 5.69 Å². The number of ether oxygens (including phenoxy) is 1. The van der Waals surface area contributed by atoms with Crippen LogP contribution in [0.2, 0.25) is 0 Å². The van der Waals surface area contributed by atoms with Crippen LogP contribution in [0.4, 0.5) is 5.69 Å². The number of carbonyl (C=O) groups excluding carboxylic acids is 1. The molecule has 0 N–H and O–H groups in total. The van der Waals surface area contributed by atoms with Crippen LogP contribution in [0.5, 0.6) is 0 Å². The molecular formula is C13H14N4O2. The lowest BCUT2D eigenvalue weighted by Crippen LogP contribution is -2.55. The van der Waals surface area contributed by atoms with E-state index in [1.807, 2.05) is 43.3 Å². The number of carbonyl (C=O) groups is 1. The maximum atomic E-state index is 11.9. The molecule has 0 bridgehead atoms. The van der Waals surface area contributed by atoms with E-state index in [0.29, 0.717) is 6.61 Å². The Labute approximate surface area is 111 Å². The van der Waals surface area contributed by atoms with Crippen LogP contribution in [0.3, 0.4) is 0 Å². The summed E-state index contributed by atoms with van der Waals surface area (Å²) in [5, 5.41) is 14.6. The van der Waals surface area contributed by atoms with Crippen LogP contribution in [-0.2, 0) is 9.53 Å². The maximum Gasteiger partial charge on any atom is 0.288 e. The lowest BCUT2D eigenvalue weighted by molar-refractivity contribution is -0.137. The summed E-state index contributed by atoms with van der Waals surface area (Å²) in [4.78, 5) is 13.2. The first-order valence-electron chi connectivity index (χ1n) is 5.90. The number of hydrogen-bond donors (Lipinski definition) is 0. The van der Waals surface area contributed by atoms with E-state index in [1.165, 1.54) is 9.91 Å². The molecule has 0 saturated heterocycles. The first-order valence-corrected chi connectivity index (χ1v) is 5.90. The Morgan fingerprint density at radius 3 is 2.68 bits per heavy atom. The summed E-state index contributed by atoms with van der Waals surface area (Å²) < 4.78 is 5.54. The molecule has 0 radical (unpaired) electrons. The molecule has 1 unspecified atom stereocenters. The molecule has 0 saturated carbocycles. The molecule has 1 aliphatic rings. The summed E-state index contributed by atoms with van der Waals surface area (Å²) in [6, 6.07) is 11.1. The minimum atomic E-state index is -0.642. The van der Waals surface area contributed by atoms with Crippen LogP contribution in [-0.4, -0.2) is 36.5 Å². The van der Waals surface area contributed by atoms with E-state index in [0.717, 1.165) is 5.69 Å². The third kappa shape index (κ3) is 2.41. The Morgan fingerprint density at radius 1 is 1.42 bits per heavy atom. The van der Waals surface area contributed by atoms with Crippen molar-refractivity contribution in [3.8, 4) is 6.07 Å². The summed E-state index contributed by atoms with van der Waals surface area (Å²) in [6.45, 7) is 2.27. The predicted octanol–water partition coefficient (Wildman–Crippen LogP) is 1.16. The minimum absolute atomic E-state index is 0.151. The van der Waals surface area contributed by atoms with Crippen molar-refractivity contribution in [2.45, 2.75) is 13.3 Å². The zero-order valence-electron chi connectivity index (χ0n) is 10.8. The van der Waals surface area contributed by atoms with Gasteiger partial charge in [0.2, 0.25) is 12.1 Å². The number of nitrogens with zero attached hydrogens (tertiary/aromatic N) is 4. The quantitative estimate of drug-likeness (QED) is 0.816. The normalized spacial score (nSPS) is 19.1. The molecule has 0 spiro atoms. The molecule has 0 aliphatic carbocycles. The molecule has 1 amide bonds. The van der Waals surface area contributed by atoms with Gasteiger partial charge in [-0.25, -0.2) is 5.01 Å². The third-order valence-electron chi connectivity index (χ3n) is 2.71. The molecule has 19 heavy (non-hydrogen) atoms. The smallest absolute Gasteiger partial charge is 0.288 e. The Kier molecular flexibility index (Phi) is 3.78. The number of rotatable bonds is 3. The van der Waals surface area contributed by atoms with Gasteiger partial charge >= 0.3 is 0 Å². The molecule has 0 fully saturated rings. The van der Waals surface area contributed by atoms with E-state index in [-0.39, 0.29) is 5.71 Å². The Hall–Kier alpha value is -2.39. The van der Waals surface area contributed by atoms with Crippen molar-refractivity contribution in [2.24, 2.45) is 5.10 Å². The number of nitriles is 1. The van der Waals surface area contributed by atoms with Crippen molar-refractivity contribution in [3.05, 3.63) is 30.3 Å². The zero-order chi connectivity index (χ0) is 13.8. The van der Waals surface area contributed by atoms with Crippen LogP contribution < -0.4 is 5.01 Å². The van der Waals surface area contributed by atoms with Crippen LogP contribution in [0.1, 0.15) is 6.92 Å². The number of para-hydroxylation sites is 1. The van der Waals surface area contributed by atoms with E-state index in [1.54, 1.807) is 7.05 Å². The van der Waals surface area contributed by atoms with Gasteiger partial charge in [0.1, 0.15) is 6.07 Å². The Morgan fingerprint density at radius 2 is 2.11 bits per heavy atom. The van der Waals surface area contributed by atoms with Crippen molar-refractivity contribution >= 4 is 17.3 Å². The summed E-state index contributed by atoms with van der Waals surface area (Å²) in [7, 11) is 1.59. The summed E-state index contributed by atoms with van der Waals surface area (Å²) in [5.41, 5.74) is 0.607. The number of anilines is 1. The van der Waals surface area contributed by atoms with Gasteiger partial charge in [-0.15, -0.1) is 0 Å². The number of amides is 1. The molecule has 6 nitrogen and oxygen atoms in total. The number of hydrazone groups is 1. The second-order valence-corrected chi connectivity index (χ2v) is 3.94. The second kappa shape index (κ2) is 5.50. The van der Waals surface area contributed by atoms with E-state index < -0.39 is 12.3 Å². The topological polar surface area (TPSA) is 68.9 Å². The van der Waals surface area contributed by atoms with Crippen LogP contribution in [0.25, 0.3) is 0 Å². The van der Waals surface area contributed by atoms with Crippen molar-refractivity contribution in [1.82, 2.24) is 4.90 Å². The number of hydrogen-bond acceptors (Lipinski definition) is 5. The highest BCUT2D eigenvalue weighted by Crippen LogP contribution is 2.22. The zero-order valence-corrected chi connectivity index (χ0v) is 10.8. The average Bonchev–Trinajstić information content (AvgIpc) is 2.45. The molecule has 98 valence electrons. The highest BCUT2D eigenvalue weighted by molar-refractivity contribution is 6.45. The van der Waals surface area contributed by atoms with E-state index in [4.69, 9.17) is 10.00 Å². The van der Waals surface area contributed by atoms with Crippen LogP contribution >= 0.6 is 0 Å². The molecule has 1 atom stereocenters. The highest BCUT2D eigenvalue weighted by Gasteiger charge is 2.35. The lowest BCUT2D eigenvalue weighted by Gasteiger charge is -2.37. The standard InChI is InChI=1S/C13H14N4O2/c1-3-19-13-16(2)12(18)11(9-14)15-17(13)10-7-5-4-6-8-10/h4-8,13H,3H2,1-2H3. The van der Waals surface area contributed by atoms with Gasteiger partial charge in [0.15, 0.2) is 0 Å². The molecule has 1 aliphatic heterocycles. The van der Waals surface area contributed by atoms with Gasteiger partial charge in [-0.05, 0) is 19.1 Å². The Bertz CT molecular complexity index is 535. The average molecular weight is 258 g/mol. The SMILES string of the molecule is CCOC1N(C)C(=O)C(C#N)=NN1c1ccccc1. The molecule has 1 aromatic carbocycles. The van der Waals surface area contributed by atoms with Crippen LogP contribution in [0.15, 0.2) is 35.4 Å². The molecule has 1 heterocycles. The van der Waals surface area contributed by atoms with Crippen molar-refractivity contribution in [3.63, 3.8) is 0 Å². The summed E-state index contributed by atoms with van der Waals surface area (Å²) >= 11 is 0. The second-order valence-electron chi connectivity index (χ2n) is 3.94. The monoisotopic (exact) mass is 258 g/mol. The van der Waals surface area contributed by atoms with Gasteiger partial charge in [0, 0.05) is 13.7 Å². The van der Waals surface area contributed by atoms with Gasteiger partial charge in [-0.3, -0.25) is 9.69 Å². The van der Waals surface area contributed by atoms with Gasteiger partial charge in [-0.2, -0.15) is 10.4 Å². The van der Waals surface area contributed by atoms with E-state index in [9.17, 15) is 4.79 Å². The fraction of sp³-hybridized carbons (Fsp3) is 0.308. The van der Waals surface area contributed by atoms with Crippen LogP contribution in [0, 0.1) is 11.3 Å². The first-order chi connectivity index (χ1) is 9.19. The molecule has 0 aromatic heterocycles. The largest absolute Gasteiger partial charge is 0.339 e. The number of benzene rings is 1. The molecular weight excluding hydrogens is 244 g/mol. The molecule has 1 aromatic rings. The van der Waals surface area contributed by atoms with Crippen molar-refractivity contribution in [1.29, 1.82) is 5.26 Å².